The minimum atomic E-state index is -4.54. The fourth-order valence-corrected chi connectivity index (χ4v) is 2.33. The maximum Gasteiger partial charge on any atom is 0.417 e. The van der Waals surface area contributed by atoms with E-state index in [-0.39, 0.29) is 29.1 Å². The molecule has 0 fully saturated rings. The quantitative estimate of drug-likeness (QED) is 0.691. The third-order valence-corrected chi connectivity index (χ3v) is 3.54. The van der Waals surface area contributed by atoms with Gasteiger partial charge in [-0.1, -0.05) is 27.7 Å². The van der Waals surface area contributed by atoms with Crippen LogP contribution >= 0.6 is 0 Å². The largest absolute Gasteiger partial charge is 0.481 e. The van der Waals surface area contributed by atoms with Gasteiger partial charge in [-0.15, -0.1) is 0 Å². The number of hydrogen-bond donors (Lipinski definition) is 1. The minimum absolute atomic E-state index is 0.0101. The van der Waals surface area contributed by atoms with Gasteiger partial charge in [-0.05, 0) is 36.5 Å². The molecule has 1 N–H and O–H groups in total. The van der Waals surface area contributed by atoms with Crippen molar-refractivity contribution in [3.8, 4) is 5.75 Å². The molecule has 0 aliphatic carbocycles. The Labute approximate surface area is 152 Å². The van der Waals surface area contributed by atoms with Crippen molar-refractivity contribution in [3.05, 3.63) is 29.3 Å². The van der Waals surface area contributed by atoms with Crippen LogP contribution in [-0.2, 0) is 11.0 Å². The SMILES string of the molecule is CN=Cc1ccc(OC(CC(C)C)C(=O)NCC(C)C)cc1C(F)(F)F. The number of hydrogen-bond acceptors (Lipinski definition) is 3. The summed E-state index contributed by atoms with van der Waals surface area (Å²) in [6.45, 7) is 8.25. The number of rotatable bonds is 8. The Morgan fingerprint density at radius 3 is 2.38 bits per heavy atom. The van der Waals surface area contributed by atoms with Gasteiger partial charge >= 0.3 is 6.18 Å². The molecule has 0 aliphatic heterocycles. The van der Waals surface area contributed by atoms with Crippen LogP contribution in [0, 0.1) is 11.8 Å². The Morgan fingerprint density at radius 2 is 1.88 bits per heavy atom. The van der Waals surface area contributed by atoms with Crippen LogP contribution < -0.4 is 10.1 Å². The molecule has 0 aromatic heterocycles. The van der Waals surface area contributed by atoms with Crippen LogP contribution in [0.1, 0.15) is 45.2 Å². The zero-order chi connectivity index (χ0) is 19.9. The number of ether oxygens (including phenoxy) is 1. The lowest BCUT2D eigenvalue weighted by molar-refractivity contribution is -0.137. The summed E-state index contributed by atoms with van der Waals surface area (Å²) in [5.41, 5.74) is -0.886. The van der Waals surface area contributed by atoms with E-state index < -0.39 is 17.8 Å². The number of carbonyl (C=O) groups excluding carboxylic acids is 1. The molecule has 7 heteroatoms. The van der Waals surface area contributed by atoms with Crippen molar-refractivity contribution < 1.29 is 22.7 Å². The number of nitrogens with one attached hydrogen (secondary N) is 1. The Hall–Kier alpha value is -2.05. The molecule has 0 aliphatic rings. The fourth-order valence-electron chi connectivity index (χ4n) is 2.33. The average Bonchev–Trinajstić information content (AvgIpc) is 2.52. The van der Waals surface area contributed by atoms with Gasteiger partial charge in [0.05, 0.1) is 5.56 Å². The van der Waals surface area contributed by atoms with E-state index in [4.69, 9.17) is 4.74 Å². The normalized spacial score (nSPS) is 13.5. The third-order valence-electron chi connectivity index (χ3n) is 3.54. The van der Waals surface area contributed by atoms with E-state index in [1.807, 2.05) is 27.7 Å². The van der Waals surface area contributed by atoms with Crippen LogP contribution in [0.25, 0.3) is 0 Å². The standard InChI is InChI=1S/C19H27F3N2O2/c1-12(2)8-17(18(25)24-10-13(3)4)26-15-7-6-14(11-23-5)16(9-15)19(20,21)22/h6-7,9,11-13,17H,8,10H2,1-5H3,(H,24,25). The van der Waals surface area contributed by atoms with Crippen LogP contribution in [0.2, 0.25) is 0 Å². The second kappa shape index (κ2) is 9.59. The lowest BCUT2D eigenvalue weighted by Gasteiger charge is -2.22. The van der Waals surface area contributed by atoms with E-state index in [1.54, 1.807) is 0 Å². The van der Waals surface area contributed by atoms with E-state index in [0.29, 0.717) is 13.0 Å². The predicted molar refractivity (Wildman–Crippen MR) is 96.7 cm³/mol. The highest BCUT2D eigenvalue weighted by Crippen LogP contribution is 2.34. The van der Waals surface area contributed by atoms with Gasteiger partial charge in [-0.3, -0.25) is 9.79 Å². The van der Waals surface area contributed by atoms with Gasteiger partial charge in [0.15, 0.2) is 6.10 Å². The summed E-state index contributed by atoms with van der Waals surface area (Å²) in [6, 6.07) is 3.64. The van der Waals surface area contributed by atoms with Crippen LogP contribution in [0.3, 0.4) is 0 Å². The highest BCUT2D eigenvalue weighted by molar-refractivity contribution is 5.83. The summed E-state index contributed by atoms with van der Waals surface area (Å²) in [7, 11) is 1.41. The van der Waals surface area contributed by atoms with Crippen molar-refractivity contribution in [3.63, 3.8) is 0 Å². The summed E-state index contributed by atoms with van der Waals surface area (Å²) in [5, 5.41) is 2.78. The van der Waals surface area contributed by atoms with Crippen molar-refractivity contribution in [1.29, 1.82) is 0 Å². The van der Waals surface area contributed by atoms with E-state index in [9.17, 15) is 18.0 Å². The van der Waals surface area contributed by atoms with E-state index >= 15 is 0 Å². The molecule has 0 saturated heterocycles. The number of halogens is 3. The molecule has 26 heavy (non-hydrogen) atoms. The smallest absolute Gasteiger partial charge is 0.417 e. The molecule has 1 unspecified atom stereocenters. The monoisotopic (exact) mass is 372 g/mol. The number of benzene rings is 1. The third kappa shape index (κ3) is 7.06. The molecule has 0 saturated carbocycles. The molecule has 1 aromatic carbocycles. The number of alkyl halides is 3. The first-order chi connectivity index (χ1) is 12.0. The summed E-state index contributed by atoms with van der Waals surface area (Å²) in [5.74, 6) is 0.109. The van der Waals surface area contributed by atoms with Gasteiger partial charge in [0.25, 0.3) is 5.91 Å². The Balaban J connectivity index is 3.08. The molecular weight excluding hydrogens is 345 g/mol. The molecule has 0 spiro atoms. The molecule has 1 rings (SSSR count). The number of amides is 1. The molecule has 146 valence electrons. The first kappa shape index (κ1) is 22.0. The van der Waals surface area contributed by atoms with Gasteiger partial charge in [-0.25, -0.2) is 0 Å². The zero-order valence-corrected chi connectivity index (χ0v) is 15.9. The van der Waals surface area contributed by atoms with Gasteiger partial charge < -0.3 is 10.1 Å². The molecule has 1 amide bonds. The Bertz CT molecular complexity index is 626. The summed E-state index contributed by atoms with van der Waals surface area (Å²) in [4.78, 5) is 16.0. The number of carbonyl (C=O) groups is 1. The summed E-state index contributed by atoms with van der Waals surface area (Å²) in [6.07, 6.45) is -3.83. The highest BCUT2D eigenvalue weighted by Gasteiger charge is 2.34. The van der Waals surface area contributed by atoms with Crippen LogP contribution in [0.15, 0.2) is 23.2 Å². The second-order valence-electron chi connectivity index (χ2n) is 7.01. The van der Waals surface area contributed by atoms with Gasteiger partial charge in [0.1, 0.15) is 5.75 Å². The van der Waals surface area contributed by atoms with E-state index in [2.05, 4.69) is 10.3 Å². The molecule has 0 bridgehead atoms. The number of nitrogens with zero attached hydrogens (tertiary/aromatic N) is 1. The second-order valence-corrected chi connectivity index (χ2v) is 7.01. The van der Waals surface area contributed by atoms with Crippen molar-refractivity contribution in [2.75, 3.05) is 13.6 Å². The molecule has 4 nitrogen and oxygen atoms in total. The first-order valence-electron chi connectivity index (χ1n) is 8.62. The fraction of sp³-hybridized carbons (Fsp3) is 0.579. The lowest BCUT2D eigenvalue weighted by Crippen LogP contribution is -2.40. The average molecular weight is 372 g/mol. The maximum atomic E-state index is 13.3. The first-order valence-corrected chi connectivity index (χ1v) is 8.62. The highest BCUT2D eigenvalue weighted by atomic mass is 19.4. The van der Waals surface area contributed by atoms with Gasteiger partial charge in [-0.2, -0.15) is 13.2 Å². The van der Waals surface area contributed by atoms with E-state index in [1.165, 1.54) is 19.2 Å². The lowest BCUT2D eigenvalue weighted by atomic mass is 10.0. The minimum Gasteiger partial charge on any atom is -0.481 e. The van der Waals surface area contributed by atoms with Crippen molar-refractivity contribution in [2.45, 2.75) is 46.4 Å². The van der Waals surface area contributed by atoms with Gasteiger partial charge in [0.2, 0.25) is 0 Å². The van der Waals surface area contributed by atoms with Crippen LogP contribution in [0.5, 0.6) is 5.75 Å². The van der Waals surface area contributed by atoms with Crippen LogP contribution in [0.4, 0.5) is 13.2 Å². The van der Waals surface area contributed by atoms with Gasteiger partial charge in [0, 0.05) is 25.4 Å². The molecule has 0 heterocycles. The molecule has 1 aromatic rings. The van der Waals surface area contributed by atoms with Crippen LogP contribution in [-0.4, -0.2) is 31.8 Å². The number of aliphatic imine (C=N–C) groups is 1. The Morgan fingerprint density at radius 1 is 1.23 bits per heavy atom. The topological polar surface area (TPSA) is 50.7 Å². The molecular formula is C19H27F3N2O2. The van der Waals surface area contributed by atoms with Crippen molar-refractivity contribution in [2.24, 2.45) is 16.8 Å². The van der Waals surface area contributed by atoms with E-state index in [0.717, 1.165) is 12.3 Å². The summed E-state index contributed by atoms with van der Waals surface area (Å²) >= 11 is 0. The van der Waals surface area contributed by atoms with Crippen molar-refractivity contribution in [1.82, 2.24) is 5.32 Å². The molecule has 0 radical (unpaired) electrons. The molecule has 1 atom stereocenters. The Kier molecular flexibility index (Phi) is 8.11. The van der Waals surface area contributed by atoms with Crippen molar-refractivity contribution >= 4 is 12.1 Å². The maximum absolute atomic E-state index is 13.3. The zero-order valence-electron chi connectivity index (χ0n) is 15.9. The summed E-state index contributed by atoms with van der Waals surface area (Å²) < 4.78 is 45.4. The predicted octanol–water partition coefficient (Wildman–Crippen LogP) is 4.32.